The van der Waals surface area contributed by atoms with E-state index in [0.29, 0.717) is 94.2 Å². The first-order valence-corrected chi connectivity index (χ1v) is 48.8. The fourth-order valence-electron chi connectivity index (χ4n) is 17.3. The van der Waals surface area contributed by atoms with Crippen molar-refractivity contribution in [1.29, 1.82) is 0 Å². The van der Waals surface area contributed by atoms with Crippen molar-refractivity contribution in [1.82, 2.24) is 14.3 Å². The van der Waals surface area contributed by atoms with Gasteiger partial charge in [0.1, 0.15) is 62.7 Å². The van der Waals surface area contributed by atoms with Gasteiger partial charge in [-0.05, 0) is 196 Å². The van der Waals surface area contributed by atoms with E-state index < -0.39 is 50.7 Å². The van der Waals surface area contributed by atoms with Crippen LogP contribution in [0.1, 0.15) is 231 Å². The Morgan fingerprint density at radius 2 is 1.26 bits per heavy atom. The van der Waals surface area contributed by atoms with Crippen LogP contribution in [0.3, 0.4) is 0 Å². The second kappa shape index (κ2) is 48.2. The number of benzene rings is 4. The van der Waals surface area contributed by atoms with Crippen molar-refractivity contribution in [3.05, 3.63) is 261 Å². The van der Waals surface area contributed by atoms with Gasteiger partial charge in [0.15, 0.2) is 29.4 Å². The summed E-state index contributed by atoms with van der Waals surface area (Å²) in [6.07, 6.45) is 30.8. The van der Waals surface area contributed by atoms with Gasteiger partial charge in [-0.1, -0.05) is 138 Å². The number of allylic oxidation sites excluding steroid dienone is 11. The molecular weight excluding hydrogens is 1830 g/mol. The van der Waals surface area contributed by atoms with Crippen molar-refractivity contribution in [2.24, 2.45) is 16.2 Å². The predicted octanol–water partition coefficient (Wildman–Crippen LogP) is 11.2. The Balaban J connectivity index is 0.000000282. The minimum Gasteiger partial charge on any atom is -0.744 e. The van der Waals surface area contributed by atoms with Crippen LogP contribution < -0.4 is 108 Å². The van der Waals surface area contributed by atoms with Crippen LogP contribution in [0, 0.1) is 50.0 Å². The van der Waals surface area contributed by atoms with Gasteiger partial charge in [0.25, 0.3) is 5.91 Å². The monoisotopic (exact) mass is 1950 g/mol. The van der Waals surface area contributed by atoms with Gasteiger partial charge in [-0.3, -0.25) is 19.2 Å². The zero-order chi connectivity index (χ0) is 97.0. The first-order valence-electron chi connectivity index (χ1n) is 44.5. The fourth-order valence-corrected chi connectivity index (χ4v) is 18.5. The van der Waals surface area contributed by atoms with E-state index in [9.17, 15) is 32.1 Å². The number of carbonyl (C=O) groups is 4. The summed E-state index contributed by atoms with van der Waals surface area (Å²) in [6, 6.07) is 37.8. The molecule has 704 valence electrons. The van der Waals surface area contributed by atoms with Crippen molar-refractivity contribution in [2.75, 3.05) is 31.1 Å². The van der Waals surface area contributed by atoms with E-state index in [4.69, 9.17) is 34.7 Å². The predicted molar refractivity (Wildman–Crippen MR) is 512 cm³/mol. The second-order valence-electron chi connectivity index (χ2n) is 37.9. The maximum absolute atomic E-state index is 16.1. The number of unbranched alkanes of at least 4 members (excludes halogenated alkanes) is 5. The fraction of sp³-hybridized carbons (Fsp3) is 0.400. The molecule has 1 aliphatic carbocycles. The van der Waals surface area contributed by atoms with Crippen LogP contribution in [0.2, 0.25) is 0 Å². The molecule has 0 spiro atoms. The molecule has 22 nitrogen and oxygen atoms in total. The Labute approximate surface area is 866 Å². The average molecular weight is 1950 g/mol. The number of carbonyl (C=O) groups excluding carboxylic acids is 4. The van der Waals surface area contributed by atoms with E-state index in [1.54, 1.807) is 98.0 Å². The van der Waals surface area contributed by atoms with Gasteiger partial charge in [0, 0.05) is 147 Å². The van der Waals surface area contributed by atoms with Crippen LogP contribution in [0.25, 0.3) is 22.7 Å². The smallest absolute Gasteiger partial charge is 0.744 e. The molecule has 35 heteroatoms. The number of aryl methyl sites for hydroxylation is 3. The zero-order valence-corrected chi connectivity index (χ0v) is 90.3. The summed E-state index contributed by atoms with van der Waals surface area (Å²) in [5.74, 6) is 2.10. The number of anilines is 1. The Kier molecular flexibility index (Phi) is 40.7. The van der Waals surface area contributed by atoms with Crippen LogP contribution in [0.5, 0.6) is 11.5 Å². The van der Waals surface area contributed by atoms with E-state index in [1.807, 2.05) is 92.8 Å². The number of amides is 1. The quantitative estimate of drug-likeness (QED) is 0.0114. The van der Waals surface area contributed by atoms with Crippen molar-refractivity contribution < 1.29 is 186 Å². The zero-order valence-electron chi connectivity index (χ0n) is 81.1. The third kappa shape index (κ3) is 28.4. The maximum atomic E-state index is 16.1. The molecule has 1 amide bonds. The third-order valence-corrected chi connectivity index (χ3v) is 26.2. The summed E-state index contributed by atoms with van der Waals surface area (Å²) in [5, 5.41) is 4.71. The molecule has 0 radical (unpaired) electrons. The van der Waals surface area contributed by atoms with Gasteiger partial charge in [0.2, 0.25) is 0 Å². The molecule has 0 unspecified atom stereocenters. The summed E-state index contributed by atoms with van der Waals surface area (Å²) in [4.78, 5) is 51.9. The number of ketones is 3. The number of nitrogens with zero attached hydrogens (tertiary/aromatic N) is 6. The molecule has 14 rings (SSSR count). The van der Waals surface area contributed by atoms with Gasteiger partial charge < -0.3 is 66.4 Å². The molecule has 4 aromatic carbocycles. The number of rotatable bonds is 29. The van der Waals surface area contributed by atoms with Crippen LogP contribution >= 0.6 is 11.3 Å². The second-order valence-corrected chi connectivity index (χ2v) is 41.1. The molecule has 0 saturated carbocycles. The average Bonchev–Trinajstić information content (AvgIpc) is 1.57. The SMILES string of the molecule is CC(C)(C)C(=O)CCCCCNC(=O)COc1ccc(C2=[N+]3C(=Cc4ccc(-c5cccs5)n4[B-]3(F)F)C=C2)cc1.Cc1cc(C)n2c1C=C1C=CC(CCC(=O)C(C)(C)C)=[N+]1[B-]2(F)F.O=S(=O)=O.O=S(=O)=O.[CH2-]CCC[N+]1=C(C=CC2=C(Oc3ccc(S(=O)(=O)[O-])cc3)C(=CC=C3N(CCCCCC(=O)C(C)(C)C)c4ccc(C)cc4C3(C)C)CCC2)C(C)(C)c2c[c-]ccc21.[Na+].[Na+].[Na+]. The molecule has 135 heavy (non-hydrogen) atoms. The molecule has 1 N–H and O–H groups in total. The van der Waals surface area contributed by atoms with Crippen molar-refractivity contribution in [3.63, 3.8) is 0 Å². The Morgan fingerprint density at radius 1 is 0.659 bits per heavy atom. The minimum atomic E-state index is -4.60. The largest absolute Gasteiger partial charge is 1.00 e. The van der Waals surface area contributed by atoms with E-state index >= 15 is 17.3 Å². The van der Waals surface area contributed by atoms with Gasteiger partial charge >= 0.3 is 124 Å². The van der Waals surface area contributed by atoms with Gasteiger partial charge in [-0.25, -0.2) is 13.0 Å². The molecule has 0 bridgehead atoms. The standard InChI is InChI=1S/C51H63N2O5S.C31H34BF2N3O3S.C18H23BF2N2O.3Na.2O3S/c1-10-11-33-52-43-21-15-14-20-41(43)50(6,7)45(52)31-24-37-18-17-19-38(48(37)58-39-26-28-40(29-27-39)59(55,56)57)25-32-46-51(8,9)42-35-36(2)23-30-44(42)53(46)34-16-12-13-22-47(54)49(3,4)5;1-31(2,3)29(38)9-5-4-6-18-35-30(39)21-40-25-14-10-22(11-15-25)26-16-12-23-20-24-13-17-27(28-8-7-19-41-28)37(24)32(33,34)36(23)26;1-12-10-13(2)22-16(12)11-15-7-6-14(23(15)19(22,20)21)8-9-17(24)18(3,4)5;;;;2*1-4(2)3/h15,20-21,23-32,35H,1,10-13,16-19,22,33-34H2,2-9H3,(H,55,56,57);7-8,10-17,19-20H,4-6,9,18,21H2,1-3H3,(H,35,39);6-7,10-11H,8-9H2,1-5H3;;;;;/q-1;;;3*+1;;/p-1. The molecule has 0 fully saturated rings. The molecule has 0 atom stereocenters. The number of thiophene rings is 1. The summed E-state index contributed by atoms with van der Waals surface area (Å²) >= 11 is 1.43. The van der Waals surface area contributed by atoms with Gasteiger partial charge in [-0.15, -0.1) is 42.7 Å². The molecular formula is C100H119B2F4N7Na3O15S4+. The number of ether oxygens (including phenoxy) is 2. The first kappa shape index (κ1) is 114. The van der Waals surface area contributed by atoms with Gasteiger partial charge in [-0.2, -0.15) is 24.6 Å². The van der Waals surface area contributed by atoms with Crippen LogP contribution in [-0.4, -0.2) is 141 Å². The number of hydrogen-bond donors (Lipinski definition) is 1. The van der Waals surface area contributed by atoms with Crippen LogP contribution in [0.15, 0.2) is 208 Å². The Morgan fingerprint density at radius 3 is 1.87 bits per heavy atom. The van der Waals surface area contributed by atoms with Crippen LogP contribution in [-0.2, 0) is 61.3 Å². The molecule has 9 heterocycles. The number of Topliss-reactive ketones (excluding diaryl/α,β-unsaturated/α-hetero) is 3. The van der Waals surface area contributed by atoms with Crippen LogP contribution in [0.4, 0.5) is 28.6 Å². The Bertz CT molecular complexity index is 6270. The number of aromatic nitrogens is 2. The normalized spacial score (nSPS) is 16.6. The number of nitrogens with one attached hydrogen (secondary N) is 1. The molecule has 7 aliphatic rings. The van der Waals surface area contributed by atoms with E-state index in [2.05, 4.69) is 117 Å². The number of fused-ring (bicyclic) bond motifs is 6. The van der Waals surface area contributed by atoms with E-state index in [-0.39, 0.29) is 146 Å². The van der Waals surface area contributed by atoms with E-state index in [0.717, 1.165) is 129 Å². The number of halogens is 4. The topological polar surface area (TPSA) is 281 Å². The van der Waals surface area contributed by atoms with E-state index in [1.165, 1.54) is 62.9 Å². The first-order chi connectivity index (χ1) is 61.9. The van der Waals surface area contributed by atoms with Crippen molar-refractivity contribution in [3.8, 4) is 22.1 Å². The molecule has 6 aliphatic heterocycles. The maximum Gasteiger partial charge on any atom is 1.00 e. The van der Waals surface area contributed by atoms with Crippen molar-refractivity contribution in [2.45, 2.75) is 223 Å². The summed E-state index contributed by atoms with van der Waals surface area (Å²) < 4.78 is 168. The summed E-state index contributed by atoms with van der Waals surface area (Å²) in [6.45, 7) is 30.3. The van der Waals surface area contributed by atoms with Crippen molar-refractivity contribution >= 4 is 121 Å². The Hall–Kier alpha value is -8.05. The molecule has 7 aromatic rings. The molecule has 3 aromatic heterocycles. The molecule has 0 saturated heterocycles. The third-order valence-electron chi connectivity index (χ3n) is 24.4. The summed E-state index contributed by atoms with van der Waals surface area (Å²) in [7, 11) is -10.8. The minimum absolute atomic E-state index is 0. The summed E-state index contributed by atoms with van der Waals surface area (Å²) in [5.41, 5.74) is 14.6. The van der Waals surface area contributed by atoms with Gasteiger partial charge in [0.05, 0.1) is 4.90 Å². The number of hydrogen-bond acceptors (Lipinski definition) is 17.